The number of aromatic nitrogens is 3. The van der Waals surface area contributed by atoms with Crippen molar-refractivity contribution in [3.8, 4) is 11.4 Å². The number of benzene rings is 2. The van der Waals surface area contributed by atoms with E-state index < -0.39 is 0 Å². The van der Waals surface area contributed by atoms with Crippen molar-refractivity contribution in [1.82, 2.24) is 25.0 Å². The third kappa shape index (κ3) is 5.09. The summed E-state index contributed by atoms with van der Waals surface area (Å²) in [6.45, 7) is 5.19. The number of hydrogen-bond donors (Lipinski definition) is 1. The summed E-state index contributed by atoms with van der Waals surface area (Å²) in [5.41, 5.74) is 1.90. The van der Waals surface area contributed by atoms with Crippen molar-refractivity contribution < 1.29 is 14.3 Å². The molecule has 8 nitrogen and oxygen atoms in total. The van der Waals surface area contributed by atoms with Gasteiger partial charge in [-0.2, -0.15) is 0 Å². The number of halogens is 1. The summed E-state index contributed by atoms with van der Waals surface area (Å²) in [5, 5.41) is 8.04. The molecule has 0 spiro atoms. The van der Waals surface area contributed by atoms with Gasteiger partial charge in [-0.05, 0) is 48.9 Å². The van der Waals surface area contributed by atoms with Gasteiger partial charge in [-0.1, -0.05) is 23.7 Å². The van der Waals surface area contributed by atoms with Crippen molar-refractivity contribution in [3.05, 3.63) is 70.8 Å². The first-order valence-electron chi connectivity index (χ1n) is 10.5. The summed E-state index contributed by atoms with van der Waals surface area (Å²) in [6, 6.07) is 15.2. The Morgan fingerprint density at radius 2 is 1.84 bits per heavy atom. The number of carbonyl (C=O) groups excluding carboxylic acids is 1. The molecule has 168 valence electrons. The molecule has 0 saturated carbocycles. The number of hydrogen-bond acceptors (Lipinski definition) is 6. The van der Waals surface area contributed by atoms with Gasteiger partial charge in [0.15, 0.2) is 0 Å². The van der Waals surface area contributed by atoms with Crippen LogP contribution in [0.1, 0.15) is 28.0 Å². The van der Waals surface area contributed by atoms with Crippen molar-refractivity contribution in [2.75, 3.05) is 40.0 Å². The third-order valence-corrected chi connectivity index (χ3v) is 5.74. The molecule has 32 heavy (non-hydrogen) atoms. The van der Waals surface area contributed by atoms with Gasteiger partial charge < -0.3 is 14.8 Å². The molecule has 0 bridgehead atoms. The van der Waals surface area contributed by atoms with Gasteiger partial charge >= 0.3 is 0 Å². The van der Waals surface area contributed by atoms with E-state index in [2.05, 4.69) is 20.3 Å². The lowest BCUT2D eigenvalue weighted by atomic mass is 10.0. The predicted molar refractivity (Wildman–Crippen MR) is 122 cm³/mol. The molecule has 3 aromatic rings. The lowest BCUT2D eigenvalue weighted by Crippen LogP contribution is -2.44. The topological polar surface area (TPSA) is 81.5 Å². The SMILES string of the molecule is COc1ccc([C@@H](CNC(=O)c2nc(C)n(-c3ccc(Cl)cc3)n2)N2CCOCC2)cc1. The Morgan fingerprint density at radius 3 is 2.50 bits per heavy atom. The number of amides is 1. The highest BCUT2D eigenvalue weighted by molar-refractivity contribution is 6.30. The van der Waals surface area contributed by atoms with Crippen LogP contribution in [0.3, 0.4) is 0 Å². The number of methoxy groups -OCH3 is 1. The number of nitrogens with one attached hydrogen (secondary N) is 1. The lowest BCUT2D eigenvalue weighted by molar-refractivity contribution is 0.0162. The molecule has 2 aromatic carbocycles. The molecular weight excluding hydrogens is 430 g/mol. The molecule has 1 aliphatic rings. The minimum Gasteiger partial charge on any atom is -0.497 e. The molecule has 1 fully saturated rings. The highest BCUT2D eigenvalue weighted by Crippen LogP contribution is 2.24. The van der Waals surface area contributed by atoms with Crippen LogP contribution in [-0.2, 0) is 4.74 Å². The predicted octanol–water partition coefficient (Wildman–Crippen LogP) is 3.04. The quantitative estimate of drug-likeness (QED) is 0.589. The van der Waals surface area contributed by atoms with Gasteiger partial charge in [-0.3, -0.25) is 9.69 Å². The van der Waals surface area contributed by atoms with Crippen molar-refractivity contribution in [1.29, 1.82) is 0 Å². The summed E-state index contributed by atoms with van der Waals surface area (Å²) in [5.74, 6) is 1.24. The number of nitrogens with zero attached hydrogens (tertiary/aromatic N) is 4. The number of rotatable bonds is 7. The van der Waals surface area contributed by atoms with Crippen LogP contribution in [0.5, 0.6) is 5.75 Å². The van der Waals surface area contributed by atoms with Crippen LogP contribution in [0, 0.1) is 6.92 Å². The van der Waals surface area contributed by atoms with Gasteiger partial charge in [-0.15, -0.1) is 5.10 Å². The van der Waals surface area contributed by atoms with E-state index in [1.807, 2.05) is 43.3 Å². The fraction of sp³-hybridized carbons (Fsp3) is 0.348. The smallest absolute Gasteiger partial charge is 0.291 e. The molecule has 9 heteroatoms. The molecule has 1 N–H and O–H groups in total. The second-order valence-electron chi connectivity index (χ2n) is 7.52. The maximum Gasteiger partial charge on any atom is 0.291 e. The van der Waals surface area contributed by atoms with E-state index in [-0.39, 0.29) is 17.8 Å². The molecular formula is C23H26ClN5O3. The summed E-state index contributed by atoms with van der Waals surface area (Å²) in [4.78, 5) is 19.5. The Labute approximate surface area is 192 Å². The molecule has 0 aliphatic carbocycles. The summed E-state index contributed by atoms with van der Waals surface area (Å²) in [7, 11) is 1.65. The highest BCUT2D eigenvalue weighted by Gasteiger charge is 2.24. The maximum atomic E-state index is 12.9. The van der Waals surface area contributed by atoms with Crippen LogP contribution >= 0.6 is 11.6 Å². The van der Waals surface area contributed by atoms with Crippen LogP contribution in [0.25, 0.3) is 5.69 Å². The first-order valence-corrected chi connectivity index (χ1v) is 10.9. The minimum atomic E-state index is -0.312. The van der Waals surface area contributed by atoms with Gasteiger partial charge in [0.1, 0.15) is 11.6 Å². The van der Waals surface area contributed by atoms with Crippen molar-refractivity contribution in [3.63, 3.8) is 0 Å². The normalized spacial score (nSPS) is 15.3. The van der Waals surface area contributed by atoms with E-state index in [4.69, 9.17) is 21.1 Å². The van der Waals surface area contributed by atoms with E-state index in [9.17, 15) is 4.79 Å². The minimum absolute atomic E-state index is 0.00760. The van der Waals surface area contributed by atoms with Crippen molar-refractivity contribution in [2.24, 2.45) is 0 Å². The molecule has 1 saturated heterocycles. The average molecular weight is 456 g/mol. The van der Waals surface area contributed by atoms with Crippen LogP contribution in [0.4, 0.5) is 0 Å². The van der Waals surface area contributed by atoms with Crippen molar-refractivity contribution >= 4 is 17.5 Å². The van der Waals surface area contributed by atoms with E-state index in [1.54, 1.807) is 23.9 Å². The fourth-order valence-corrected chi connectivity index (χ4v) is 3.88. The summed E-state index contributed by atoms with van der Waals surface area (Å²) < 4.78 is 12.4. The van der Waals surface area contributed by atoms with Crippen LogP contribution in [-0.4, -0.2) is 65.5 Å². The second kappa shape index (κ2) is 10.1. The Bertz CT molecular complexity index is 1050. The standard InChI is InChI=1S/C23H26ClN5O3/c1-16-26-22(27-29(16)19-7-5-18(24)6-8-19)23(30)25-15-21(28-11-13-32-14-12-28)17-3-9-20(31-2)10-4-17/h3-10,21H,11-15H2,1-2H3,(H,25,30)/t21-/m1/s1. The fourth-order valence-electron chi connectivity index (χ4n) is 3.75. The molecule has 4 rings (SSSR count). The zero-order valence-electron chi connectivity index (χ0n) is 18.1. The van der Waals surface area contributed by atoms with Crippen LogP contribution < -0.4 is 10.1 Å². The molecule has 0 unspecified atom stereocenters. The van der Waals surface area contributed by atoms with E-state index >= 15 is 0 Å². The summed E-state index contributed by atoms with van der Waals surface area (Å²) >= 11 is 5.97. The van der Waals surface area contributed by atoms with E-state index in [0.717, 1.165) is 30.1 Å². The second-order valence-corrected chi connectivity index (χ2v) is 7.95. The van der Waals surface area contributed by atoms with Crippen molar-refractivity contribution in [2.45, 2.75) is 13.0 Å². The zero-order chi connectivity index (χ0) is 22.5. The Hall–Kier alpha value is -2.94. The Balaban J connectivity index is 1.49. The monoisotopic (exact) mass is 455 g/mol. The molecule has 1 aliphatic heterocycles. The maximum absolute atomic E-state index is 12.9. The van der Waals surface area contributed by atoms with Gasteiger partial charge in [0.25, 0.3) is 5.91 Å². The van der Waals surface area contributed by atoms with Gasteiger partial charge in [0.2, 0.25) is 5.82 Å². The average Bonchev–Trinajstić information content (AvgIpc) is 3.22. The number of carbonyl (C=O) groups is 1. The summed E-state index contributed by atoms with van der Waals surface area (Å²) in [6.07, 6.45) is 0. The first kappa shape index (κ1) is 22.3. The van der Waals surface area contributed by atoms with Crippen LogP contribution in [0.15, 0.2) is 48.5 Å². The molecule has 0 radical (unpaired) electrons. The number of aryl methyl sites for hydroxylation is 1. The Kier molecular flexibility index (Phi) is 7.04. The largest absolute Gasteiger partial charge is 0.497 e. The molecule has 1 amide bonds. The molecule has 2 heterocycles. The van der Waals surface area contributed by atoms with Gasteiger partial charge in [0, 0.05) is 24.7 Å². The first-order chi connectivity index (χ1) is 15.5. The highest BCUT2D eigenvalue weighted by atomic mass is 35.5. The lowest BCUT2D eigenvalue weighted by Gasteiger charge is -2.34. The van der Waals surface area contributed by atoms with Crippen LogP contribution in [0.2, 0.25) is 5.02 Å². The third-order valence-electron chi connectivity index (χ3n) is 5.49. The zero-order valence-corrected chi connectivity index (χ0v) is 18.9. The van der Waals surface area contributed by atoms with E-state index in [0.29, 0.717) is 30.6 Å². The van der Waals surface area contributed by atoms with E-state index in [1.165, 1.54) is 0 Å². The number of ether oxygens (including phenoxy) is 2. The Morgan fingerprint density at radius 1 is 1.16 bits per heavy atom. The molecule has 1 aromatic heterocycles. The number of morpholine rings is 1. The molecule has 1 atom stereocenters. The van der Waals surface area contributed by atoms with Gasteiger partial charge in [0.05, 0.1) is 32.1 Å². The van der Waals surface area contributed by atoms with Gasteiger partial charge in [-0.25, -0.2) is 9.67 Å².